The normalized spacial score (nSPS) is 47.7. The van der Waals surface area contributed by atoms with E-state index in [9.17, 15) is 9.90 Å². The van der Waals surface area contributed by atoms with Gasteiger partial charge >= 0.3 is 5.97 Å². The minimum Gasteiger partial charge on any atom is -0.516 e. The van der Waals surface area contributed by atoms with Crippen LogP contribution in [0.1, 0.15) is 78.6 Å². The van der Waals surface area contributed by atoms with E-state index in [-0.39, 0.29) is 11.4 Å². The van der Waals surface area contributed by atoms with Crippen molar-refractivity contribution < 1.29 is 14.6 Å². The minimum absolute atomic E-state index is 0.0642. The lowest BCUT2D eigenvalue weighted by atomic mass is 9.46. The summed E-state index contributed by atoms with van der Waals surface area (Å²) < 4.78 is 5.93. The molecule has 0 aliphatic heterocycles. The summed E-state index contributed by atoms with van der Waals surface area (Å²) in [5, 5.41) is 9.56. The third-order valence-corrected chi connectivity index (χ3v) is 8.88. The first kappa shape index (κ1) is 18.1. The molecular weight excluding hydrogens is 324 g/mol. The van der Waals surface area contributed by atoms with E-state index in [1.807, 2.05) is 0 Å². The second kappa shape index (κ2) is 6.14. The number of hydrogen-bond donors (Lipinski definition) is 1. The fraction of sp³-hybridized carbons (Fsp3) is 0.783. The summed E-state index contributed by atoms with van der Waals surface area (Å²) in [6.07, 6.45) is 16.1. The standard InChI is InChI=1S/C23H34O3/c1-16(25)26-23(14-15-24)13-10-20-18-8-7-17-6-4-5-11-21(17,2)19(18)9-12-22(20,23)3/h6,14-15,18-20,24H,4-5,7-13H2,1-3H3/t18-,19+,20+,21+,22+,23+/m1/s1. The lowest BCUT2D eigenvalue weighted by Crippen LogP contribution is -2.55. The quantitative estimate of drug-likeness (QED) is 0.390. The summed E-state index contributed by atoms with van der Waals surface area (Å²) in [5.74, 6) is 1.84. The van der Waals surface area contributed by atoms with Gasteiger partial charge < -0.3 is 9.84 Å². The van der Waals surface area contributed by atoms with Gasteiger partial charge in [-0.15, -0.1) is 0 Å². The van der Waals surface area contributed by atoms with Gasteiger partial charge in [-0.3, -0.25) is 4.79 Å². The smallest absolute Gasteiger partial charge is 0.303 e. The van der Waals surface area contributed by atoms with Crippen LogP contribution in [0.2, 0.25) is 0 Å². The van der Waals surface area contributed by atoms with Crippen molar-refractivity contribution >= 4 is 5.97 Å². The Morgan fingerprint density at radius 3 is 2.69 bits per heavy atom. The molecule has 1 N–H and O–H groups in total. The molecule has 0 saturated heterocycles. The van der Waals surface area contributed by atoms with Crippen LogP contribution in [-0.2, 0) is 9.53 Å². The number of fused-ring (bicyclic) bond motifs is 5. The van der Waals surface area contributed by atoms with Crippen LogP contribution in [0.5, 0.6) is 0 Å². The predicted octanol–water partition coefficient (Wildman–Crippen LogP) is 5.71. The number of carbonyl (C=O) groups excluding carboxylic acids is 1. The van der Waals surface area contributed by atoms with Crippen molar-refractivity contribution in [1.29, 1.82) is 0 Å². The van der Waals surface area contributed by atoms with Gasteiger partial charge in [0.1, 0.15) is 5.60 Å². The molecule has 0 aromatic rings. The number of esters is 1. The first-order valence-electron chi connectivity index (χ1n) is 10.6. The Kier molecular flexibility index (Phi) is 4.28. The van der Waals surface area contributed by atoms with Crippen LogP contribution in [0.25, 0.3) is 0 Å². The van der Waals surface area contributed by atoms with Crippen molar-refractivity contribution in [3.63, 3.8) is 0 Å². The average molecular weight is 359 g/mol. The molecule has 4 aliphatic carbocycles. The molecule has 0 bridgehead atoms. The molecule has 144 valence electrons. The molecule has 0 aromatic carbocycles. The second-order valence-electron chi connectivity index (χ2n) is 9.75. The van der Waals surface area contributed by atoms with Gasteiger partial charge in [-0.25, -0.2) is 0 Å². The fourth-order valence-electron chi connectivity index (χ4n) is 7.64. The van der Waals surface area contributed by atoms with Crippen LogP contribution in [-0.4, -0.2) is 16.7 Å². The van der Waals surface area contributed by atoms with Gasteiger partial charge in [0.15, 0.2) is 0 Å². The Morgan fingerprint density at radius 2 is 1.96 bits per heavy atom. The van der Waals surface area contributed by atoms with E-state index >= 15 is 0 Å². The van der Waals surface area contributed by atoms with E-state index in [4.69, 9.17) is 4.74 Å². The SMILES string of the molecule is CC(=O)O[C@]1(C=CO)CC[C@H]2[C@@H]3CCC4=CCCC[C@]4(C)[C@H]3CC[C@@]21C. The van der Waals surface area contributed by atoms with Crippen LogP contribution < -0.4 is 0 Å². The number of ether oxygens (including phenoxy) is 1. The number of rotatable bonds is 2. The van der Waals surface area contributed by atoms with Crippen molar-refractivity contribution in [2.75, 3.05) is 0 Å². The zero-order chi connectivity index (χ0) is 18.6. The van der Waals surface area contributed by atoms with Crippen LogP contribution in [0.3, 0.4) is 0 Å². The molecule has 0 radical (unpaired) electrons. The van der Waals surface area contributed by atoms with Crippen LogP contribution in [0.4, 0.5) is 0 Å². The van der Waals surface area contributed by atoms with E-state index in [1.165, 1.54) is 45.4 Å². The zero-order valence-corrected chi connectivity index (χ0v) is 16.6. The summed E-state index contributed by atoms with van der Waals surface area (Å²) in [6, 6.07) is 0. The highest BCUT2D eigenvalue weighted by molar-refractivity contribution is 5.67. The Balaban J connectivity index is 1.69. The molecule has 0 spiro atoms. The molecule has 3 saturated carbocycles. The third-order valence-electron chi connectivity index (χ3n) is 8.88. The number of aliphatic hydroxyl groups excluding tert-OH is 1. The first-order chi connectivity index (χ1) is 12.4. The van der Waals surface area contributed by atoms with Crippen molar-refractivity contribution in [3.8, 4) is 0 Å². The second-order valence-corrected chi connectivity index (χ2v) is 9.75. The van der Waals surface area contributed by atoms with E-state index in [0.717, 1.165) is 37.4 Å². The molecule has 26 heavy (non-hydrogen) atoms. The highest BCUT2D eigenvalue weighted by Gasteiger charge is 2.65. The van der Waals surface area contributed by atoms with Gasteiger partial charge in [0.2, 0.25) is 0 Å². The summed E-state index contributed by atoms with van der Waals surface area (Å²) in [5.41, 5.74) is 1.42. The van der Waals surface area contributed by atoms with Crippen molar-refractivity contribution in [3.05, 3.63) is 24.0 Å². The Labute approximate surface area is 157 Å². The third kappa shape index (κ3) is 2.34. The highest BCUT2D eigenvalue weighted by atomic mass is 16.6. The molecule has 0 amide bonds. The average Bonchev–Trinajstić information content (AvgIpc) is 2.87. The van der Waals surface area contributed by atoms with Crippen molar-refractivity contribution in [1.82, 2.24) is 0 Å². The van der Waals surface area contributed by atoms with Gasteiger partial charge in [-0.2, -0.15) is 0 Å². The van der Waals surface area contributed by atoms with E-state index in [2.05, 4.69) is 19.9 Å². The van der Waals surface area contributed by atoms with Gasteiger partial charge in [0.25, 0.3) is 0 Å². The maximum atomic E-state index is 11.9. The largest absolute Gasteiger partial charge is 0.516 e. The van der Waals surface area contributed by atoms with E-state index < -0.39 is 5.60 Å². The molecular formula is C23H34O3. The summed E-state index contributed by atoms with van der Waals surface area (Å²) >= 11 is 0. The Morgan fingerprint density at radius 1 is 1.19 bits per heavy atom. The number of aliphatic hydroxyl groups is 1. The molecule has 3 fully saturated rings. The highest BCUT2D eigenvalue weighted by Crippen LogP contribution is 2.68. The maximum absolute atomic E-state index is 11.9. The van der Waals surface area contributed by atoms with E-state index in [0.29, 0.717) is 11.3 Å². The number of hydrogen-bond acceptors (Lipinski definition) is 3. The molecule has 0 unspecified atom stereocenters. The molecule has 0 heterocycles. The molecule has 4 rings (SSSR count). The minimum atomic E-state index is -0.632. The lowest BCUT2D eigenvalue weighted by Gasteiger charge is -2.59. The summed E-state index contributed by atoms with van der Waals surface area (Å²) in [6.45, 7) is 6.34. The monoisotopic (exact) mass is 358 g/mol. The van der Waals surface area contributed by atoms with Crippen LogP contribution in [0.15, 0.2) is 24.0 Å². The Bertz CT molecular complexity index is 650. The fourth-order valence-corrected chi connectivity index (χ4v) is 7.64. The molecule has 6 atom stereocenters. The first-order valence-corrected chi connectivity index (χ1v) is 10.6. The van der Waals surface area contributed by atoms with Gasteiger partial charge in [0.05, 0.1) is 6.26 Å². The van der Waals surface area contributed by atoms with Crippen molar-refractivity contribution in [2.45, 2.75) is 84.2 Å². The van der Waals surface area contributed by atoms with Crippen LogP contribution >= 0.6 is 0 Å². The number of allylic oxidation sites excluding steroid dienone is 2. The van der Waals surface area contributed by atoms with E-state index in [1.54, 1.807) is 11.6 Å². The van der Waals surface area contributed by atoms with Gasteiger partial charge in [-0.1, -0.05) is 25.5 Å². The Hall–Kier alpha value is -1.25. The summed E-state index contributed by atoms with van der Waals surface area (Å²) in [4.78, 5) is 11.9. The van der Waals surface area contributed by atoms with Crippen molar-refractivity contribution in [2.24, 2.45) is 28.6 Å². The van der Waals surface area contributed by atoms with Gasteiger partial charge in [-0.05, 0) is 87.0 Å². The lowest BCUT2D eigenvalue weighted by molar-refractivity contribution is -0.171. The molecule has 3 heteroatoms. The van der Waals surface area contributed by atoms with Gasteiger partial charge in [0, 0.05) is 12.3 Å². The topological polar surface area (TPSA) is 46.5 Å². The maximum Gasteiger partial charge on any atom is 0.303 e. The molecule has 3 nitrogen and oxygen atoms in total. The molecule has 4 aliphatic rings. The molecule has 0 aromatic heterocycles. The zero-order valence-electron chi connectivity index (χ0n) is 16.6. The van der Waals surface area contributed by atoms with Crippen LogP contribution in [0, 0.1) is 28.6 Å². The number of carbonyl (C=O) groups is 1. The summed E-state index contributed by atoms with van der Waals surface area (Å²) in [7, 11) is 0. The predicted molar refractivity (Wildman–Crippen MR) is 103 cm³/mol.